The molecule has 0 aliphatic carbocycles. The summed E-state index contributed by atoms with van der Waals surface area (Å²) in [4.78, 5) is 13.7. The molecule has 0 aliphatic rings. The monoisotopic (exact) mass is 393 g/mol. The summed E-state index contributed by atoms with van der Waals surface area (Å²) in [6.07, 6.45) is 1.45. The first kappa shape index (κ1) is 14.5. The standard InChI is InChI=1S/C6H5NO2.C6H5.Ir/c8-6(9)5-3-1-2-4-7-5;1-2-4-6-5-3-1;/h1-4H,(H,8,9);1-5H;/q;-1;. The van der Waals surface area contributed by atoms with Crippen molar-refractivity contribution in [3.63, 3.8) is 0 Å². The number of aromatic nitrogens is 1. The fourth-order valence-corrected chi connectivity index (χ4v) is 0.831. The first-order chi connectivity index (χ1) is 7.30. The molecule has 1 heterocycles. The molecule has 0 saturated carbocycles. The van der Waals surface area contributed by atoms with Crippen LogP contribution in [0.4, 0.5) is 0 Å². The van der Waals surface area contributed by atoms with E-state index >= 15 is 0 Å². The van der Waals surface area contributed by atoms with Crippen LogP contribution in [0.1, 0.15) is 10.5 Å². The Labute approximate surface area is 108 Å². The van der Waals surface area contributed by atoms with Gasteiger partial charge in [-0.25, -0.2) is 9.78 Å². The molecule has 2 rings (SSSR count). The van der Waals surface area contributed by atoms with Crippen LogP contribution < -0.4 is 0 Å². The van der Waals surface area contributed by atoms with E-state index in [1.54, 1.807) is 12.1 Å². The second kappa shape index (κ2) is 8.77. The topological polar surface area (TPSA) is 50.2 Å². The number of pyridine rings is 1. The van der Waals surface area contributed by atoms with Crippen LogP contribution in [0.5, 0.6) is 0 Å². The predicted molar refractivity (Wildman–Crippen MR) is 56.5 cm³/mol. The Bertz CT molecular complexity index is 366. The third-order valence-electron chi connectivity index (χ3n) is 1.49. The number of carboxylic acid groups (broad SMARTS) is 1. The van der Waals surface area contributed by atoms with Crippen molar-refractivity contribution in [2.75, 3.05) is 0 Å². The van der Waals surface area contributed by atoms with Crippen LogP contribution in [0.3, 0.4) is 0 Å². The van der Waals surface area contributed by atoms with Gasteiger partial charge >= 0.3 is 5.97 Å². The van der Waals surface area contributed by atoms with Crippen molar-refractivity contribution in [1.82, 2.24) is 4.98 Å². The van der Waals surface area contributed by atoms with Gasteiger partial charge in [-0.05, 0) is 12.1 Å². The molecule has 85 valence electrons. The van der Waals surface area contributed by atoms with E-state index in [1.807, 2.05) is 30.3 Å². The largest absolute Gasteiger partial charge is 0.477 e. The maximum absolute atomic E-state index is 10.1. The molecule has 1 radical (unpaired) electrons. The Kier molecular flexibility index (Phi) is 7.94. The molecule has 1 aromatic carbocycles. The van der Waals surface area contributed by atoms with E-state index in [-0.39, 0.29) is 25.8 Å². The Morgan fingerprint density at radius 1 is 1.12 bits per heavy atom. The van der Waals surface area contributed by atoms with Crippen LogP contribution in [0.2, 0.25) is 0 Å². The summed E-state index contributed by atoms with van der Waals surface area (Å²) in [6.45, 7) is 0. The van der Waals surface area contributed by atoms with E-state index < -0.39 is 5.97 Å². The fourth-order valence-electron chi connectivity index (χ4n) is 0.831. The van der Waals surface area contributed by atoms with E-state index in [0.717, 1.165) is 0 Å². The molecule has 4 heteroatoms. The van der Waals surface area contributed by atoms with E-state index in [9.17, 15) is 4.79 Å². The van der Waals surface area contributed by atoms with Crippen molar-refractivity contribution in [3.05, 3.63) is 66.5 Å². The van der Waals surface area contributed by atoms with Crippen LogP contribution in [0, 0.1) is 6.07 Å². The van der Waals surface area contributed by atoms with Gasteiger partial charge in [0.2, 0.25) is 0 Å². The molecule has 0 bridgehead atoms. The third-order valence-corrected chi connectivity index (χ3v) is 1.49. The molecule has 1 N–H and O–H groups in total. The predicted octanol–water partition coefficient (Wildman–Crippen LogP) is 2.26. The van der Waals surface area contributed by atoms with E-state index in [2.05, 4.69) is 11.1 Å². The number of hydrogen-bond donors (Lipinski definition) is 1. The minimum atomic E-state index is -0.990. The van der Waals surface area contributed by atoms with Gasteiger partial charge in [-0.15, -0.1) is 0 Å². The summed E-state index contributed by atoms with van der Waals surface area (Å²) in [5, 5.41) is 8.32. The van der Waals surface area contributed by atoms with Crippen LogP contribution in [0.25, 0.3) is 0 Å². The van der Waals surface area contributed by atoms with E-state index in [0.29, 0.717) is 0 Å². The number of aromatic carboxylic acids is 1. The van der Waals surface area contributed by atoms with E-state index in [1.165, 1.54) is 12.3 Å². The minimum absolute atomic E-state index is 0. The van der Waals surface area contributed by atoms with Gasteiger partial charge in [0.05, 0.1) is 0 Å². The number of benzene rings is 1. The molecule has 0 fully saturated rings. The SMILES string of the molecule is O=C(O)c1ccccn1.[Ir].[c-]1ccccc1. The van der Waals surface area contributed by atoms with Crippen molar-refractivity contribution in [3.8, 4) is 0 Å². The summed E-state index contributed by atoms with van der Waals surface area (Å²) < 4.78 is 0. The number of carboxylic acids is 1. The van der Waals surface area contributed by atoms with Crippen LogP contribution in [0.15, 0.2) is 54.7 Å². The van der Waals surface area contributed by atoms with Crippen LogP contribution >= 0.6 is 0 Å². The van der Waals surface area contributed by atoms with Gasteiger partial charge < -0.3 is 5.11 Å². The molecule has 0 unspecified atom stereocenters. The number of carbonyl (C=O) groups is 1. The van der Waals surface area contributed by atoms with Crippen molar-refractivity contribution < 1.29 is 30.0 Å². The molecular formula is C12H10IrNO2-. The molecule has 0 atom stereocenters. The molecule has 1 aromatic heterocycles. The Hall–Kier alpha value is -1.51. The van der Waals surface area contributed by atoms with Crippen molar-refractivity contribution in [1.29, 1.82) is 0 Å². The number of nitrogens with zero attached hydrogens (tertiary/aromatic N) is 1. The van der Waals surface area contributed by atoms with E-state index in [4.69, 9.17) is 5.11 Å². The van der Waals surface area contributed by atoms with Gasteiger partial charge in [0, 0.05) is 26.3 Å². The quantitative estimate of drug-likeness (QED) is 0.758. The summed E-state index contributed by atoms with van der Waals surface area (Å²) in [5.41, 5.74) is 0.0810. The molecule has 16 heavy (non-hydrogen) atoms. The molecule has 0 spiro atoms. The smallest absolute Gasteiger partial charge is 0.354 e. The Morgan fingerprint density at radius 2 is 1.81 bits per heavy atom. The average molecular weight is 392 g/mol. The maximum atomic E-state index is 10.1. The Balaban J connectivity index is 0.000000283. The van der Waals surface area contributed by atoms with Gasteiger partial charge in [-0.1, -0.05) is 6.07 Å². The molecule has 0 saturated heterocycles. The van der Waals surface area contributed by atoms with Gasteiger partial charge in [0.15, 0.2) is 0 Å². The fraction of sp³-hybridized carbons (Fsp3) is 0. The summed E-state index contributed by atoms with van der Waals surface area (Å²) in [6, 6.07) is 17.3. The summed E-state index contributed by atoms with van der Waals surface area (Å²) >= 11 is 0. The van der Waals surface area contributed by atoms with Crippen molar-refractivity contribution >= 4 is 5.97 Å². The van der Waals surface area contributed by atoms with Gasteiger partial charge in [-0.2, -0.15) is 36.4 Å². The zero-order valence-corrected chi connectivity index (χ0v) is 10.7. The average Bonchev–Trinajstić information content (AvgIpc) is 2.33. The second-order valence-corrected chi connectivity index (χ2v) is 2.60. The minimum Gasteiger partial charge on any atom is -0.477 e. The molecule has 0 amide bonds. The van der Waals surface area contributed by atoms with Crippen LogP contribution in [-0.4, -0.2) is 16.1 Å². The molecule has 0 aliphatic heterocycles. The molecular weight excluding hydrogens is 382 g/mol. The molecule has 3 nitrogen and oxygen atoms in total. The first-order valence-corrected chi connectivity index (χ1v) is 4.36. The second-order valence-electron chi connectivity index (χ2n) is 2.60. The number of rotatable bonds is 1. The van der Waals surface area contributed by atoms with Gasteiger partial charge in [0.25, 0.3) is 0 Å². The third kappa shape index (κ3) is 6.06. The molecule has 2 aromatic rings. The Morgan fingerprint density at radius 3 is 2.06 bits per heavy atom. The zero-order chi connectivity index (χ0) is 10.9. The summed E-state index contributed by atoms with van der Waals surface area (Å²) in [7, 11) is 0. The van der Waals surface area contributed by atoms with Crippen LogP contribution in [-0.2, 0) is 20.1 Å². The number of hydrogen-bond acceptors (Lipinski definition) is 2. The van der Waals surface area contributed by atoms with Crippen molar-refractivity contribution in [2.45, 2.75) is 0 Å². The van der Waals surface area contributed by atoms with Gasteiger partial charge in [0.1, 0.15) is 5.69 Å². The summed E-state index contributed by atoms with van der Waals surface area (Å²) in [5.74, 6) is -0.990. The zero-order valence-electron chi connectivity index (χ0n) is 8.33. The van der Waals surface area contributed by atoms with Crippen molar-refractivity contribution in [2.24, 2.45) is 0 Å². The normalized spacial score (nSPS) is 8.00. The van der Waals surface area contributed by atoms with Gasteiger partial charge in [-0.3, -0.25) is 0 Å². The first-order valence-electron chi connectivity index (χ1n) is 4.36. The maximum Gasteiger partial charge on any atom is 0.354 e.